The number of carbonyl (C=O) groups excluding carboxylic acids is 1. The molecule has 0 saturated carbocycles. The molecule has 1 amide bonds. The molecule has 8 heteroatoms. The van der Waals surface area contributed by atoms with Crippen LogP contribution in [-0.4, -0.2) is 21.0 Å². The molecule has 3 aromatic rings. The number of nitrogens with one attached hydrogen (secondary N) is 1. The number of thioether (sulfide) groups is 1. The molecule has 0 bridgehead atoms. The van der Waals surface area contributed by atoms with E-state index in [0.29, 0.717) is 17.3 Å². The lowest BCUT2D eigenvalue weighted by molar-refractivity contribution is 0.0946. The third-order valence-corrected chi connectivity index (χ3v) is 5.62. The molecule has 142 valence electrons. The number of rotatable bonds is 6. The Bertz CT molecular complexity index is 928. The van der Waals surface area contributed by atoms with E-state index in [4.69, 9.17) is 4.52 Å². The van der Waals surface area contributed by atoms with Crippen LogP contribution in [0.1, 0.15) is 53.5 Å². The van der Waals surface area contributed by atoms with Crippen molar-refractivity contribution >= 4 is 29.0 Å². The van der Waals surface area contributed by atoms with Crippen LogP contribution in [0.25, 0.3) is 0 Å². The Morgan fingerprint density at radius 3 is 2.70 bits per heavy atom. The summed E-state index contributed by atoms with van der Waals surface area (Å²) in [6.45, 7) is 8.21. The van der Waals surface area contributed by atoms with Gasteiger partial charge in [0.1, 0.15) is 0 Å². The Morgan fingerprint density at radius 2 is 2.04 bits per heavy atom. The first-order valence-corrected chi connectivity index (χ1v) is 10.4. The van der Waals surface area contributed by atoms with Gasteiger partial charge in [-0.3, -0.25) is 4.79 Å². The van der Waals surface area contributed by atoms with Crippen LogP contribution < -0.4 is 5.32 Å². The van der Waals surface area contributed by atoms with E-state index in [0.717, 1.165) is 21.3 Å². The summed E-state index contributed by atoms with van der Waals surface area (Å²) in [5.74, 6) is 1.60. The molecule has 0 unspecified atom stereocenters. The molecule has 2 aromatic heterocycles. The van der Waals surface area contributed by atoms with Gasteiger partial charge in [0.25, 0.3) is 5.91 Å². The molecule has 0 aliphatic carbocycles. The van der Waals surface area contributed by atoms with E-state index < -0.39 is 0 Å². The topological polar surface area (TPSA) is 80.9 Å². The molecule has 0 aliphatic heterocycles. The summed E-state index contributed by atoms with van der Waals surface area (Å²) in [7, 11) is 0. The van der Waals surface area contributed by atoms with Crippen molar-refractivity contribution in [2.45, 2.75) is 50.3 Å². The van der Waals surface area contributed by atoms with Crippen molar-refractivity contribution < 1.29 is 9.32 Å². The fraction of sp³-hybridized carbons (Fsp3) is 0.368. The highest BCUT2D eigenvalue weighted by Crippen LogP contribution is 2.27. The normalized spacial score (nSPS) is 11.6. The largest absolute Gasteiger partial charge is 0.345 e. The third kappa shape index (κ3) is 5.17. The highest BCUT2D eigenvalue weighted by Gasteiger charge is 2.22. The van der Waals surface area contributed by atoms with Crippen molar-refractivity contribution in [3.8, 4) is 0 Å². The molecule has 0 aliphatic rings. The van der Waals surface area contributed by atoms with Crippen molar-refractivity contribution in [2.24, 2.45) is 0 Å². The van der Waals surface area contributed by atoms with E-state index in [1.165, 1.54) is 0 Å². The van der Waals surface area contributed by atoms with Gasteiger partial charge >= 0.3 is 0 Å². The number of thiazole rings is 1. The number of nitrogens with zero attached hydrogens (tertiary/aromatic N) is 3. The lowest BCUT2D eigenvalue weighted by Gasteiger charge is -2.10. The Balaban J connectivity index is 1.63. The number of amides is 1. The Labute approximate surface area is 166 Å². The molecule has 6 nitrogen and oxygen atoms in total. The predicted octanol–water partition coefficient (Wildman–Crippen LogP) is 4.35. The maximum absolute atomic E-state index is 12.6. The molecule has 0 fully saturated rings. The summed E-state index contributed by atoms with van der Waals surface area (Å²) in [6, 6.07) is 7.56. The number of hydrogen-bond donors (Lipinski definition) is 1. The fourth-order valence-corrected chi connectivity index (χ4v) is 3.95. The van der Waals surface area contributed by atoms with E-state index in [1.54, 1.807) is 23.1 Å². The smallest absolute Gasteiger partial charge is 0.252 e. The van der Waals surface area contributed by atoms with E-state index in [1.807, 2.05) is 57.3 Å². The van der Waals surface area contributed by atoms with Gasteiger partial charge in [0.2, 0.25) is 5.89 Å². The second kappa shape index (κ2) is 8.22. The molecule has 0 atom stereocenters. The van der Waals surface area contributed by atoms with Crippen LogP contribution in [0.5, 0.6) is 0 Å². The standard InChI is InChI=1S/C19H22N4O2S2/c1-12-21-13(10-26-12)11-27-15-8-6-5-7-14(15)17(24)20-9-16-22-18(25-23-16)19(2,3)4/h5-8,10H,9,11H2,1-4H3,(H,20,24). The summed E-state index contributed by atoms with van der Waals surface area (Å²) < 4.78 is 5.26. The van der Waals surface area contributed by atoms with Crippen molar-refractivity contribution in [1.82, 2.24) is 20.4 Å². The second-order valence-corrected chi connectivity index (χ2v) is 9.17. The Kier molecular flexibility index (Phi) is 5.96. The number of aromatic nitrogens is 3. The Morgan fingerprint density at radius 1 is 1.26 bits per heavy atom. The van der Waals surface area contributed by atoms with Crippen LogP contribution in [-0.2, 0) is 17.7 Å². The van der Waals surface area contributed by atoms with E-state index >= 15 is 0 Å². The molecular formula is C19H22N4O2S2. The van der Waals surface area contributed by atoms with Crippen molar-refractivity contribution in [3.05, 3.63) is 57.6 Å². The summed E-state index contributed by atoms with van der Waals surface area (Å²) in [5, 5.41) is 9.90. The van der Waals surface area contributed by atoms with Gasteiger partial charge in [-0.2, -0.15) is 4.98 Å². The van der Waals surface area contributed by atoms with Gasteiger partial charge < -0.3 is 9.84 Å². The summed E-state index contributed by atoms with van der Waals surface area (Å²) in [5.41, 5.74) is 1.44. The summed E-state index contributed by atoms with van der Waals surface area (Å²) >= 11 is 3.24. The molecule has 0 radical (unpaired) electrons. The minimum absolute atomic E-state index is 0.158. The lowest BCUT2D eigenvalue weighted by atomic mass is 9.97. The first-order valence-electron chi connectivity index (χ1n) is 8.57. The van der Waals surface area contributed by atoms with Gasteiger partial charge in [0, 0.05) is 21.4 Å². The fourth-order valence-electron chi connectivity index (χ4n) is 2.29. The van der Waals surface area contributed by atoms with Gasteiger partial charge in [0.15, 0.2) is 5.82 Å². The van der Waals surface area contributed by atoms with Gasteiger partial charge in [-0.25, -0.2) is 4.98 Å². The average molecular weight is 403 g/mol. The molecule has 2 heterocycles. The van der Waals surface area contributed by atoms with Crippen molar-refractivity contribution in [3.63, 3.8) is 0 Å². The predicted molar refractivity (Wildman–Crippen MR) is 107 cm³/mol. The highest BCUT2D eigenvalue weighted by atomic mass is 32.2. The van der Waals surface area contributed by atoms with Gasteiger partial charge in [-0.05, 0) is 19.1 Å². The average Bonchev–Trinajstić information content (AvgIpc) is 3.27. The zero-order valence-electron chi connectivity index (χ0n) is 15.8. The van der Waals surface area contributed by atoms with E-state index in [2.05, 4.69) is 20.4 Å². The highest BCUT2D eigenvalue weighted by molar-refractivity contribution is 7.98. The minimum atomic E-state index is -0.216. The number of benzene rings is 1. The molecule has 1 N–H and O–H groups in total. The monoisotopic (exact) mass is 402 g/mol. The van der Waals surface area contributed by atoms with Gasteiger partial charge in [-0.15, -0.1) is 23.1 Å². The first kappa shape index (κ1) is 19.6. The number of aryl methyl sites for hydroxylation is 1. The van der Waals surface area contributed by atoms with E-state index in [9.17, 15) is 4.79 Å². The van der Waals surface area contributed by atoms with Crippen LogP contribution in [0.2, 0.25) is 0 Å². The van der Waals surface area contributed by atoms with Crippen LogP contribution in [0.3, 0.4) is 0 Å². The molecule has 27 heavy (non-hydrogen) atoms. The number of hydrogen-bond acceptors (Lipinski definition) is 7. The van der Waals surface area contributed by atoms with Gasteiger partial charge in [-0.1, -0.05) is 38.1 Å². The second-order valence-electron chi connectivity index (χ2n) is 7.09. The molecule has 1 aromatic carbocycles. The zero-order chi connectivity index (χ0) is 19.4. The van der Waals surface area contributed by atoms with Crippen LogP contribution in [0.4, 0.5) is 0 Å². The first-order chi connectivity index (χ1) is 12.8. The number of carbonyl (C=O) groups is 1. The third-order valence-electron chi connectivity index (χ3n) is 3.69. The van der Waals surface area contributed by atoms with Gasteiger partial charge in [0.05, 0.1) is 22.8 Å². The molecule has 0 spiro atoms. The van der Waals surface area contributed by atoms with Crippen molar-refractivity contribution in [1.29, 1.82) is 0 Å². The zero-order valence-corrected chi connectivity index (χ0v) is 17.4. The molecular weight excluding hydrogens is 380 g/mol. The molecule has 3 rings (SSSR count). The van der Waals surface area contributed by atoms with Crippen LogP contribution in [0, 0.1) is 6.92 Å². The lowest BCUT2D eigenvalue weighted by Crippen LogP contribution is -2.24. The maximum atomic E-state index is 12.6. The quantitative estimate of drug-likeness (QED) is 0.617. The summed E-state index contributed by atoms with van der Waals surface area (Å²) in [4.78, 5) is 22.4. The van der Waals surface area contributed by atoms with Crippen molar-refractivity contribution in [2.75, 3.05) is 0 Å². The van der Waals surface area contributed by atoms with Crippen LogP contribution >= 0.6 is 23.1 Å². The maximum Gasteiger partial charge on any atom is 0.252 e. The Hall–Kier alpha value is -2.19. The van der Waals surface area contributed by atoms with E-state index in [-0.39, 0.29) is 17.9 Å². The van der Waals surface area contributed by atoms with Crippen LogP contribution in [0.15, 0.2) is 39.1 Å². The minimum Gasteiger partial charge on any atom is -0.345 e. The SMILES string of the molecule is Cc1nc(CSc2ccccc2C(=O)NCc2noc(C(C)(C)C)n2)cs1. The molecule has 0 saturated heterocycles. The summed E-state index contributed by atoms with van der Waals surface area (Å²) in [6.07, 6.45) is 0.